The topological polar surface area (TPSA) is 90.5 Å². The number of carboxylic acids is 1. The Kier molecular flexibility index (Phi) is 8.99. The average molecular weight is 599 g/mol. The van der Waals surface area contributed by atoms with Gasteiger partial charge in [-0.25, -0.2) is 0 Å². The molecule has 1 aliphatic rings. The lowest BCUT2D eigenvalue weighted by Gasteiger charge is -2.15. The van der Waals surface area contributed by atoms with Gasteiger partial charge in [-0.2, -0.15) is 26.3 Å². The zero-order valence-corrected chi connectivity index (χ0v) is 21.4. The minimum absolute atomic E-state index is 0.0170. The van der Waals surface area contributed by atoms with E-state index in [1.807, 2.05) is 0 Å². The van der Waals surface area contributed by atoms with E-state index in [2.05, 4.69) is 4.98 Å². The maximum atomic E-state index is 13.3. The van der Waals surface area contributed by atoms with Crippen LogP contribution in [0.15, 0.2) is 34.0 Å². The van der Waals surface area contributed by atoms with E-state index in [-0.39, 0.29) is 39.6 Å². The van der Waals surface area contributed by atoms with Crippen LogP contribution in [0.5, 0.6) is 0 Å². The molecule has 38 heavy (non-hydrogen) atoms. The molecule has 0 aliphatic carbocycles. The Hall–Kier alpha value is -2.84. The van der Waals surface area contributed by atoms with E-state index in [0.29, 0.717) is 31.4 Å². The van der Waals surface area contributed by atoms with Gasteiger partial charge in [-0.15, -0.1) is 0 Å². The molecular weight excluding hydrogens is 582 g/mol. The summed E-state index contributed by atoms with van der Waals surface area (Å²) in [6.45, 7) is 0.205. The summed E-state index contributed by atoms with van der Waals surface area (Å²) in [7, 11) is 0. The van der Waals surface area contributed by atoms with E-state index in [1.54, 1.807) is 0 Å². The molecule has 15 heteroatoms. The first-order valence-corrected chi connectivity index (χ1v) is 12.4. The number of carbonyl (C=O) groups excluding carboxylic acids is 1. The SMILES string of the molecule is O=C(O)CCCCCN1C(=O)C(=Cc2[nH]c(-c3cc(C(F)(F)F)cc(C(F)(F)F)c3)cc(=O)c2Cl)SC1=S. The molecule has 2 aromatic rings. The van der Waals surface area contributed by atoms with Gasteiger partial charge in [-0.1, -0.05) is 42.0 Å². The van der Waals surface area contributed by atoms with Gasteiger partial charge in [0.1, 0.15) is 9.34 Å². The first kappa shape index (κ1) is 29.7. The monoisotopic (exact) mass is 598 g/mol. The highest BCUT2D eigenvalue weighted by molar-refractivity contribution is 8.26. The molecule has 0 bridgehead atoms. The predicted octanol–water partition coefficient (Wildman–Crippen LogP) is 6.58. The molecule has 0 spiro atoms. The molecule has 2 heterocycles. The van der Waals surface area contributed by atoms with Gasteiger partial charge in [0.2, 0.25) is 5.43 Å². The van der Waals surface area contributed by atoms with Gasteiger partial charge in [0.05, 0.1) is 21.7 Å². The number of aliphatic carboxylic acids is 1. The van der Waals surface area contributed by atoms with Crippen molar-refractivity contribution in [3.8, 4) is 11.3 Å². The number of hydrogen-bond acceptors (Lipinski definition) is 5. The number of unbranched alkanes of at least 4 members (excludes halogenated alkanes) is 2. The smallest absolute Gasteiger partial charge is 0.416 e. The number of rotatable bonds is 8. The summed E-state index contributed by atoms with van der Waals surface area (Å²) in [6.07, 6.45) is -7.64. The number of carbonyl (C=O) groups is 2. The number of nitrogens with zero attached hydrogens (tertiary/aromatic N) is 1. The third-order valence-corrected chi connectivity index (χ3v) is 7.09. The van der Waals surface area contributed by atoms with Crippen molar-refractivity contribution in [3.63, 3.8) is 0 Å². The molecule has 204 valence electrons. The maximum absolute atomic E-state index is 13.3. The van der Waals surface area contributed by atoms with Crippen molar-refractivity contribution in [2.45, 2.75) is 38.0 Å². The number of H-pyrrole nitrogens is 1. The van der Waals surface area contributed by atoms with Gasteiger partial charge < -0.3 is 10.1 Å². The Morgan fingerprint density at radius 2 is 1.63 bits per heavy atom. The van der Waals surface area contributed by atoms with E-state index in [1.165, 1.54) is 4.90 Å². The number of amides is 1. The Morgan fingerprint density at radius 3 is 2.18 bits per heavy atom. The summed E-state index contributed by atoms with van der Waals surface area (Å²) in [6, 6.07) is 1.65. The second kappa shape index (κ2) is 11.5. The minimum atomic E-state index is -5.09. The van der Waals surface area contributed by atoms with Gasteiger partial charge in [0.25, 0.3) is 5.91 Å². The van der Waals surface area contributed by atoms with E-state index in [0.717, 1.165) is 23.9 Å². The number of thiocarbonyl (C=S) groups is 1. The minimum Gasteiger partial charge on any atom is -0.481 e. The van der Waals surface area contributed by atoms with Crippen molar-refractivity contribution in [1.82, 2.24) is 9.88 Å². The van der Waals surface area contributed by atoms with Crippen molar-refractivity contribution in [2.24, 2.45) is 0 Å². The first-order valence-electron chi connectivity index (χ1n) is 10.8. The Bertz CT molecular complexity index is 1340. The highest BCUT2D eigenvalue weighted by Crippen LogP contribution is 2.39. The Morgan fingerprint density at radius 1 is 1.03 bits per heavy atom. The summed E-state index contributed by atoms with van der Waals surface area (Å²) >= 11 is 12.1. The fourth-order valence-electron chi connectivity index (χ4n) is 3.48. The van der Waals surface area contributed by atoms with Crippen molar-refractivity contribution in [3.05, 3.63) is 61.2 Å². The van der Waals surface area contributed by atoms with E-state index < -0.39 is 51.4 Å². The molecule has 1 aliphatic heterocycles. The summed E-state index contributed by atoms with van der Waals surface area (Å²) in [4.78, 5) is 39.7. The third kappa shape index (κ3) is 7.17. The highest BCUT2D eigenvalue weighted by atomic mass is 35.5. The van der Waals surface area contributed by atoms with Crippen molar-refractivity contribution >= 4 is 57.9 Å². The molecule has 1 amide bonds. The quantitative estimate of drug-likeness (QED) is 0.154. The lowest BCUT2D eigenvalue weighted by Crippen LogP contribution is -2.29. The van der Waals surface area contributed by atoms with Gasteiger partial charge >= 0.3 is 18.3 Å². The summed E-state index contributed by atoms with van der Waals surface area (Å²) < 4.78 is 79.8. The highest BCUT2D eigenvalue weighted by Gasteiger charge is 2.37. The van der Waals surface area contributed by atoms with E-state index >= 15 is 0 Å². The number of halogens is 7. The van der Waals surface area contributed by atoms with Crippen LogP contribution in [0.25, 0.3) is 17.3 Å². The van der Waals surface area contributed by atoms with Crippen LogP contribution in [0.2, 0.25) is 5.02 Å². The normalized spacial score (nSPS) is 15.6. The predicted molar refractivity (Wildman–Crippen MR) is 133 cm³/mol. The zero-order chi connectivity index (χ0) is 28.4. The number of aromatic amines is 1. The number of hydrogen-bond donors (Lipinski definition) is 2. The van der Waals surface area contributed by atoms with Crippen LogP contribution in [-0.2, 0) is 21.9 Å². The van der Waals surface area contributed by atoms with Crippen LogP contribution < -0.4 is 5.43 Å². The van der Waals surface area contributed by atoms with Gasteiger partial charge in [-0.3, -0.25) is 19.3 Å². The molecule has 1 aromatic carbocycles. The van der Waals surface area contributed by atoms with Crippen LogP contribution in [0.3, 0.4) is 0 Å². The van der Waals surface area contributed by atoms with Crippen LogP contribution >= 0.6 is 35.6 Å². The summed E-state index contributed by atoms with van der Waals surface area (Å²) in [5.74, 6) is -1.48. The summed E-state index contributed by atoms with van der Waals surface area (Å²) in [5.41, 5.74) is -5.18. The molecule has 1 aromatic heterocycles. The van der Waals surface area contributed by atoms with Crippen LogP contribution in [0.4, 0.5) is 26.3 Å². The van der Waals surface area contributed by atoms with Crippen LogP contribution in [0.1, 0.15) is 42.5 Å². The standard InChI is InChI=1S/C23H17ClF6N2O4S2/c24-19-15(10-17-20(36)32(21(37)38-17)5-3-1-2-4-18(34)35)31-14(9-16(19)33)11-6-12(22(25,26)27)8-13(7-11)23(28,29)30/h6-10H,1-5H2,(H,31,33)(H,34,35). The van der Waals surface area contributed by atoms with Gasteiger partial charge in [-0.05, 0) is 42.7 Å². The lowest BCUT2D eigenvalue weighted by molar-refractivity contribution is -0.143. The molecule has 0 radical (unpaired) electrons. The molecule has 0 atom stereocenters. The molecular formula is C23H17ClF6N2O4S2. The molecule has 3 rings (SSSR count). The molecule has 6 nitrogen and oxygen atoms in total. The number of benzene rings is 1. The summed E-state index contributed by atoms with van der Waals surface area (Å²) in [5, 5.41) is 8.25. The molecule has 1 fully saturated rings. The van der Waals surface area contributed by atoms with E-state index in [9.17, 15) is 40.7 Å². The number of nitrogens with one attached hydrogen (secondary N) is 1. The number of aromatic nitrogens is 1. The van der Waals surface area contributed by atoms with Crippen molar-refractivity contribution in [2.75, 3.05) is 6.54 Å². The van der Waals surface area contributed by atoms with Gasteiger partial charge in [0.15, 0.2) is 0 Å². The van der Waals surface area contributed by atoms with Crippen LogP contribution in [-0.4, -0.2) is 37.7 Å². The fourth-order valence-corrected chi connectivity index (χ4v) is 4.92. The molecule has 0 saturated carbocycles. The van der Waals surface area contributed by atoms with Crippen LogP contribution in [0, 0.1) is 0 Å². The third-order valence-electron chi connectivity index (χ3n) is 5.32. The number of alkyl halides is 6. The van der Waals surface area contributed by atoms with Crippen molar-refractivity contribution in [1.29, 1.82) is 0 Å². The number of pyridine rings is 1. The second-order valence-corrected chi connectivity index (χ2v) is 10.2. The Labute approximate surface area is 225 Å². The largest absolute Gasteiger partial charge is 0.481 e. The van der Waals surface area contributed by atoms with Crippen molar-refractivity contribution < 1.29 is 41.0 Å². The zero-order valence-electron chi connectivity index (χ0n) is 19.0. The molecule has 1 saturated heterocycles. The number of thioether (sulfide) groups is 1. The molecule has 0 unspecified atom stereocenters. The maximum Gasteiger partial charge on any atom is 0.416 e. The second-order valence-electron chi connectivity index (χ2n) is 8.11. The lowest BCUT2D eigenvalue weighted by atomic mass is 10.0. The molecule has 2 N–H and O–H groups in total. The first-order chi connectivity index (χ1) is 17.6. The fraction of sp³-hybridized carbons (Fsp3) is 0.304. The Balaban J connectivity index is 1.95. The average Bonchev–Trinajstić information content (AvgIpc) is 3.07. The number of carboxylic acid groups (broad SMARTS) is 1. The van der Waals surface area contributed by atoms with Gasteiger partial charge in [0, 0.05) is 24.7 Å². The van der Waals surface area contributed by atoms with E-state index in [4.69, 9.17) is 28.9 Å².